The van der Waals surface area contributed by atoms with E-state index in [9.17, 15) is 0 Å². The first-order valence-electron chi connectivity index (χ1n) is 7.64. The Balaban J connectivity index is 2.05. The van der Waals surface area contributed by atoms with E-state index in [1.54, 1.807) is 0 Å². The molecule has 18 heavy (non-hydrogen) atoms. The standard InChI is InChI=1S/C15H30N2S/c1-9(2)6-7-12-13(10(3)4)8-16-15-14(12)17-11(5)18-15/h9-17H,6-8H2,1-5H3. The van der Waals surface area contributed by atoms with Gasteiger partial charge in [-0.15, -0.1) is 11.8 Å². The van der Waals surface area contributed by atoms with Crippen LogP contribution in [0.3, 0.4) is 0 Å². The summed E-state index contributed by atoms with van der Waals surface area (Å²) in [6.07, 6.45) is 2.77. The van der Waals surface area contributed by atoms with E-state index in [0.717, 1.165) is 23.7 Å². The van der Waals surface area contributed by atoms with E-state index in [-0.39, 0.29) is 0 Å². The van der Waals surface area contributed by atoms with Gasteiger partial charge in [-0.1, -0.05) is 34.1 Å². The van der Waals surface area contributed by atoms with Gasteiger partial charge in [-0.05, 0) is 43.6 Å². The molecule has 2 heterocycles. The van der Waals surface area contributed by atoms with Gasteiger partial charge in [0.15, 0.2) is 0 Å². The zero-order valence-corrected chi connectivity index (χ0v) is 13.4. The largest absolute Gasteiger partial charge is 0.304 e. The molecule has 0 aliphatic carbocycles. The molecule has 3 heteroatoms. The predicted molar refractivity (Wildman–Crippen MR) is 81.7 cm³/mol. The van der Waals surface area contributed by atoms with Crippen molar-refractivity contribution in [2.45, 2.75) is 64.2 Å². The lowest BCUT2D eigenvalue weighted by molar-refractivity contribution is 0.133. The maximum Gasteiger partial charge on any atom is 0.0706 e. The fraction of sp³-hybridized carbons (Fsp3) is 1.00. The highest BCUT2D eigenvalue weighted by Crippen LogP contribution is 2.40. The van der Waals surface area contributed by atoms with E-state index >= 15 is 0 Å². The minimum Gasteiger partial charge on any atom is -0.304 e. The summed E-state index contributed by atoms with van der Waals surface area (Å²) < 4.78 is 0. The maximum atomic E-state index is 3.81. The Morgan fingerprint density at radius 2 is 1.94 bits per heavy atom. The molecular formula is C15H30N2S. The topological polar surface area (TPSA) is 24.1 Å². The van der Waals surface area contributed by atoms with E-state index in [4.69, 9.17) is 0 Å². The van der Waals surface area contributed by atoms with Gasteiger partial charge in [0.2, 0.25) is 0 Å². The first kappa shape index (κ1) is 14.7. The average Bonchev–Trinajstić information content (AvgIpc) is 2.65. The number of hydrogen-bond acceptors (Lipinski definition) is 3. The van der Waals surface area contributed by atoms with Gasteiger partial charge < -0.3 is 5.32 Å². The molecule has 0 aromatic carbocycles. The van der Waals surface area contributed by atoms with E-state index in [0.29, 0.717) is 16.8 Å². The summed E-state index contributed by atoms with van der Waals surface area (Å²) in [7, 11) is 0. The zero-order chi connectivity index (χ0) is 13.3. The fourth-order valence-electron chi connectivity index (χ4n) is 3.54. The third-order valence-corrected chi connectivity index (χ3v) is 5.90. The number of rotatable bonds is 4. The van der Waals surface area contributed by atoms with Crippen molar-refractivity contribution < 1.29 is 0 Å². The first-order chi connectivity index (χ1) is 8.49. The SMILES string of the molecule is CC(C)CCC1C(C(C)C)CNC2SC(C)NC21. The van der Waals surface area contributed by atoms with Gasteiger partial charge in [-0.3, -0.25) is 5.32 Å². The van der Waals surface area contributed by atoms with E-state index in [1.807, 2.05) is 0 Å². The van der Waals surface area contributed by atoms with E-state index < -0.39 is 0 Å². The molecule has 2 fully saturated rings. The second-order valence-corrected chi connectivity index (χ2v) is 8.33. The quantitative estimate of drug-likeness (QED) is 0.820. The van der Waals surface area contributed by atoms with Crippen LogP contribution >= 0.6 is 11.8 Å². The van der Waals surface area contributed by atoms with Crippen LogP contribution in [0.5, 0.6) is 0 Å². The molecule has 0 spiro atoms. The van der Waals surface area contributed by atoms with Crippen molar-refractivity contribution in [3.05, 3.63) is 0 Å². The normalized spacial score (nSPS) is 40.5. The molecule has 106 valence electrons. The lowest BCUT2D eigenvalue weighted by atomic mass is 9.73. The van der Waals surface area contributed by atoms with Crippen molar-refractivity contribution in [3.8, 4) is 0 Å². The molecule has 0 aromatic heterocycles. The van der Waals surface area contributed by atoms with Crippen LogP contribution < -0.4 is 10.6 Å². The Morgan fingerprint density at radius 3 is 2.56 bits per heavy atom. The molecule has 2 nitrogen and oxygen atoms in total. The Hall–Kier alpha value is 0.270. The minimum atomic E-state index is 0.611. The second kappa shape index (κ2) is 6.15. The van der Waals surface area contributed by atoms with Crippen molar-refractivity contribution in [1.29, 1.82) is 0 Å². The third-order valence-electron chi connectivity index (χ3n) is 4.60. The molecule has 5 unspecified atom stereocenters. The van der Waals surface area contributed by atoms with Crippen molar-refractivity contribution in [1.82, 2.24) is 10.6 Å². The number of thioether (sulfide) groups is 1. The molecule has 0 amide bonds. The van der Waals surface area contributed by atoms with Gasteiger partial charge in [0.25, 0.3) is 0 Å². The maximum absolute atomic E-state index is 3.81. The Bertz CT molecular complexity index is 267. The summed E-state index contributed by atoms with van der Waals surface area (Å²) >= 11 is 2.08. The van der Waals surface area contributed by atoms with Gasteiger partial charge in [0.1, 0.15) is 0 Å². The highest BCUT2D eigenvalue weighted by Gasteiger charge is 2.44. The van der Waals surface area contributed by atoms with Crippen LogP contribution in [0.1, 0.15) is 47.5 Å². The number of hydrogen-bond donors (Lipinski definition) is 2. The number of nitrogens with one attached hydrogen (secondary N) is 2. The van der Waals surface area contributed by atoms with Gasteiger partial charge in [-0.25, -0.2) is 0 Å². The van der Waals surface area contributed by atoms with Crippen molar-refractivity contribution in [3.63, 3.8) is 0 Å². The molecule has 0 radical (unpaired) electrons. The molecule has 2 saturated heterocycles. The average molecular weight is 270 g/mol. The monoisotopic (exact) mass is 270 g/mol. The van der Waals surface area contributed by atoms with Crippen LogP contribution in [-0.4, -0.2) is 23.3 Å². The van der Waals surface area contributed by atoms with Crippen LogP contribution in [0.15, 0.2) is 0 Å². The summed E-state index contributed by atoms with van der Waals surface area (Å²) in [5.41, 5.74) is 0. The highest BCUT2D eigenvalue weighted by molar-refractivity contribution is 8.00. The minimum absolute atomic E-state index is 0.611. The molecular weight excluding hydrogens is 240 g/mol. The van der Waals surface area contributed by atoms with Crippen molar-refractivity contribution in [2.75, 3.05) is 6.54 Å². The Labute approximate surface area is 117 Å². The molecule has 2 rings (SSSR count). The van der Waals surface area contributed by atoms with Crippen LogP contribution in [0.2, 0.25) is 0 Å². The summed E-state index contributed by atoms with van der Waals surface area (Å²) in [4.78, 5) is 0. The summed E-state index contributed by atoms with van der Waals surface area (Å²) in [5, 5.41) is 8.83. The molecule has 5 atom stereocenters. The summed E-state index contributed by atoms with van der Waals surface area (Å²) in [6.45, 7) is 13.0. The van der Waals surface area contributed by atoms with E-state index in [2.05, 4.69) is 57.0 Å². The van der Waals surface area contributed by atoms with E-state index in [1.165, 1.54) is 19.4 Å². The third kappa shape index (κ3) is 3.23. The molecule has 0 aromatic rings. The number of piperidine rings is 1. The zero-order valence-electron chi connectivity index (χ0n) is 12.6. The molecule has 0 bridgehead atoms. The van der Waals surface area contributed by atoms with Gasteiger partial charge in [0, 0.05) is 6.04 Å². The smallest absolute Gasteiger partial charge is 0.0706 e. The first-order valence-corrected chi connectivity index (χ1v) is 8.58. The van der Waals surface area contributed by atoms with Gasteiger partial charge in [-0.2, -0.15) is 0 Å². The second-order valence-electron chi connectivity index (χ2n) is 6.84. The predicted octanol–water partition coefficient (Wildman–Crippen LogP) is 3.29. The van der Waals surface area contributed by atoms with Crippen LogP contribution in [0.25, 0.3) is 0 Å². The molecule has 2 aliphatic rings. The van der Waals surface area contributed by atoms with Crippen LogP contribution in [0.4, 0.5) is 0 Å². The van der Waals surface area contributed by atoms with Crippen molar-refractivity contribution in [2.24, 2.45) is 23.7 Å². The Morgan fingerprint density at radius 1 is 1.22 bits per heavy atom. The number of fused-ring (bicyclic) bond motifs is 1. The lowest BCUT2D eigenvalue weighted by Crippen LogP contribution is -2.56. The Kier molecular flexibility index (Phi) is 5.01. The molecule has 2 N–H and O–H groups in total. The summed E-state index contributed by atoms with van der Waals surface area (Å²) in [5.74, 6) is 3.32. The van der Waals surface area contributed by atoms with Gasteiger partial charge >= 0.3 is 0 Å². The summed E-state index contributed by atoms with van der Waals surface area (Å²) in [6, 6.07) is 0.685. The van der Waals surface area contributed by atoms with Crippen LogP contribution in [-0.2, 0) is 0 Å². The molecule has 0 saturated carbocycles. The van der Waals surface area contributed by atoms with Gasteiger partial charge in [0.05, 0.1) is 10.7 Å². The fourth-order valence-corrected chi connectivity index (χ4v) is 4.86. The lowest BCUT2D eigenvalue weighted by Gasteiger charge is -2.42. The molecule has 2 aliphatic heterocycles. The van der Waals surface area contributed by atoms with Crippen molar-refractivity contribution >= 4 is 11.8 Å². The van der Waals surface area contributed by atoms with Crippen LogP contribution in [0, 0.1) is 23.7 Å². The highest BCUT2D eigenvalue weighted by atomic mass is 32.2.